The number of hydrogen-bond acceptors (Lipinski definition) is 1. The highest BCUT2D eigenvalue weighted by atomic mass is 16.2. The summed E-state index contributed by atoms with van der Waals surface area (Å²) in [6.07, 6.45) is 2.12. The van der Waals surface area contributed by atoms with Gasteiger partial charge < -0.3 is 0 Å². The van der Waals surface area contributed by atoms with Gasteiger partial charge in [-0.1, -0.05) is 20.8 Å². The Hall–Kier alpha value is -0.370. The van der Waals surface area contributed by atoms with E-state index in [4.69, 9.17) is 0 Å². The van der Waals surface area contributed by atoms with Crippen LogP contribution >= 0.6 is 0 Å². The molecule has 0 saturated carbocycles. The summed E-state index contributed by atoms with van der Waals surface area (Å²) in [6, 6.07) is 0. The van der Waals surface area contributed by atoms with Gasteiger partial charge >= 0.3 is 5.91 Å². The summed E-state index contributed by atoms with van der Waals surface area (Å²) in [6.45, 7) is 7.58. The fourth-order valence-electron chi connectivity index (χ4n) is 1.68. The van der Waals surface area contributed by atoms with E-state index in [2.05, 4.69) is 20.8 Å². The molecule has 1 atom stereocenters. The molecule has 0 spiro atoms. The number of hydrogen-bond donors (Lipinski definition) is 1. The Morgan fingerprint density at radius 1 is 1.55 bits per heavy atom. The lowest BCUT2D eigenvalue weighted by atomic mass is 9.84. The van der Waals surface area contributed by atoms with E-state index in [0.29, 0.717) is 17.2 Å². The molecule has 0 radical (unpaired) electrons. The molecule has 1 saturated heterocycles. The monoisotopic (exact) mass is 156 g/mol. The number of quaternary nitrogens is 1. The van der Waals surface area contributed by atoms with Gasteiger partial charge in [0.25, 0.3) is 0 Å². The molecule has 0 bridgehead atoms. The third-order valence-electron chi connectivity index (χ3n) is 2.12. The molecular formula is C9H18NO+. The topological polar surface area (TPSA) is 33.7 Å². The molecule has 1 unspecified atom stereocenters. The zero-order valence-corrected chi connectivity index (χ0v) is 7.68. The molecule has 0 aliphatic carbocycles. The minimum atomic E-state index is 0.304. The van der Waals surface area contributed by atoms with E-state index in [1.54, 1.807) is 0 Å². The van der Waals surface area contributed by atoms with Gasteiger partial charge in [0.15, 0.2) is 0 Å². The van der Waals surface area contributed by atoms with Crippen molar-refractivity contribution in [2.75, 3.05) is 6.54 Å². The van der Waals surface area contributed by atoms with Gasteiger partial charge in [0.2, 0.25) is 0 Å². The maximum Gasteiger partial charge on any atom is 0.313 e. The quantitative estimate of drug-likeness (QED) is 0.590. The molecule has 11 heavy (non-hydrogen) atoms. The van der Waals surface area contributed by atoms with Gasteiger partial charge in [0, 0.05) is 6.42 Å². The molecule has 2 nitrogen and oxygen atoms in total. The molecule has 1 amide bonds. The normalized spacial score (nSPS) is 26.1. The standard InChI is InChI=1S/C9H17NO/c1-9(2,3)6-7-4-5-10-8(7)11/h7H,4-6H2,1-3H3,(H,10,11)/p+1. The van der Waals surface area contributed by atoms with E-state index >= 15 is 0 Å². The molecule has 64 valence electrons. The van der Waals surface area contributed by atoms with Crippen molar-refractivity contribution in [2.24, 2.45) is 11.3 Å². The molecule has 2 heteroatoms. The average molecular weight is 156 g/mol. The lowest BCUT2D eigenvalue weighted by Crippen LogP contribution is -2.85. The third kappa shape index (κ3) is 2.62. The van der Waals surface area contributed by atoms with Gasteiger partial charge in [-0.15, -0.1) is 0 Å². The second-order valence-electron chi connectivity index (χ2n) is 4.65. The van der Waals surface area contributed by atoms with E-state index in [9.17, 15) is 4.79 Å². The number of primary amides is 1. The summed E-state index contributed by atoms with van der Waals surface area (Å²) >= 11 is 0. The summed E-state index contributed by atoms with van der Waals surface area (Å²) in [5.41, 5.74) is 0.304. The van der Waals surface area contributed by atoms with Gasteiger partial charge in [-0.05, 0) is 11.8 Å². The first-order chi connectivity index (χ1) is 4.99. The summed E-state index contributed by atoms with van der Waals surface area (Å²) in [5, 5.41) is 1.84. The van der Waals surface area contributed by atoms with Crippen molar-refractivity contribution in [1.82, 2.24) is 0 Å². The lowest BCUT2D eigenvalue weighted by Gasteiger charge is -2.19. The van der Waals surface area contributed by atoms with Crippen LogP contribution in [0.15, 0.2) is 0 Å². The Morgan fingerprint density at radius 2 is 2.18 bits per heavy atom. The molecule has 1 aliphatic rings. The first-order valence-corrected chi connectivity index (χ1v) is 4.36. The summed E-state index contributed by atoms with van der Waals surface area (Å²) < 4.78 is 0. The van der Waals surface area contributed by atoms with Crippen LogP contribution < -0.4 is 5.32 Å². The van der Waals surface area contributed by atoms with Crippen molar-refractivity contribution in [3.8, 4) is 0 Å². The maximum absolute atomic E-state index is 11.2. The van der Waals surface area contributed by atoms with Crippen LogP contribution in [0, 0.1) is 11.3 Å². The van der Waals surface area contributed by atoms with E-state index in [0.717, 1.165) is 19.4 Å². The smallest absolute Gasteiger partial charge is 0.283 e. The van der Waals surface area contributed by atoms with Crippen molar-refractivity contribution in [3.63, 3.8) is 0 Å². The number of rotatable bonds is 1. The molecule has 2 N–H and O–H groups in total. The fraction of sp³-hybridized carbons (Fsp3) is 0.889. The molecule has 1 fully saturated rings. The van der Waals surface area contributed by atoms with Crippen LogP contribution in [0.3, 0.4) is 0 Å². The van der Waals surface area contributed by atoms with Gasteiger partial charge in [-0.25, -0.2) is 4.79 Å². The van der Waals surface area contributed by atoms with E-state index in [1.165, 1.54) is 0 Å². The first kappa shape index (κ1) is 8.72. The Kier molecular flexibility index (Phi) is 2.33. The van der Waals surface area contributed by atoms with Gasteiger partial charge in [0.05, 0.1) is 12.5 Å². The Balaban J connectivity index is 2.43. The first-order valence-electron chi connectivity index (χ1n) is 4.36. The van der Waals surface area contributed by atoms with Crippen LogP contribution in [0.1, 0.15) is 33.6 Å². The van der Waals surface area contributed by atoms with Crippen LogP contribution in [-0.2, 0) is 4.79 Å². The average Bonchev–Trinajstić information content (AvgIpc) is 2.12. The van der Waals surface area contributed by atoms with Gasteiger partial charge in [-0.2, -0.15) is 0 Å². The Labute approximate surface area is 68.4 Å². The second-order valence-corrected chi connectivity index (χ2v) is 4.65. The predicted octanol–water partition coefficient (Wildman–Crippen LogP) is 0.533. The molecular weight excluding hydrogens is 138 g/mol. The van der Waals surface area contributed by atoms with Gasteiger partial charge in [0.1, 0.15) is 0 Å². The summed E-state index contributed by atoms with van der Waals surface area (Å²) in [5.74, 6) is 0.704. The summed E-state index contributed by atoms with van der Waals surface area (Å²) in [4.78, 5) is 11.2. The number of carbonyl (C=O) groups excluding carboxylic acids is 1. The van der Waals surface area contributed by atoms with Crippen molar-refractivity contribution >= 4 is 5.91 Å². The minimum Gasteiger partial charge on any atom is -0.283 e. The molecule has 1 aliphatic heterocycles. The highest BCUT2D eigenvalue weighted by Crippen LogP contribution is 2.26. The number of amides is 1. The van der Waals surface area contributed by atoms with E-state index < -0.39 is 0 Å². The maximum atomic E-state index is 11.2. The number of nitrogens with two attached hydrogens (primary N) is 1. The Morgan fingerprint density at radius 3 is 2.55 bits per heavy atom. The fourth-order valence-corrected chi connectivity index (χ4v) is 1.68. The molecule has 0 aromatic heterocycles. The predicted molar refractivity (Wildman–Crippen MR) is 44.0 cm³/mol. The van der Waals surface area contributed by atoms with E-state index in [-0.39, 0.29) is 0 Å². The lowest BCUT2D eigenvalue weighted by molar-refractivity contribution is -0.555. The van der Waals surface area contributed by atoms with Crippen molar-refractivity contribution in [2.45, 2.75) is 33.6 Å². The molecule has 0 aromatic carbocycles. The van der Waals surface area contributed by atoms with Crippen LogP contribution in [0.5, 0.6) is 0 Å². The van der Waals surface area contributed by atoms with Gasteiger partial charge in [-0.3, -0.25) is 5.32 Å². The Bertz CT molecular complexity index is 157. The van der Waals surface area contributed by atoms with Crippen LogP contribution in [0.25, 0.3) is 0 Å². The second kappa shape index (κ2) is 2.94. The highest BCUT2D eigenvalue weighted by molar-refractivity contribution is 5.70. The molecule has 0 aromatic rings. The zero-order chi connectivity index (χ0) is 8.48. The van der Waals surface area contributed by atoms with Crippen LogP contribution in [0.4, 0.5) is 0 Å². The third-order valence-corrected chi connectivity index (χ3v) is 2.12. The van der Waals surface area contributed by atoms with Crippen LogP contribution in [-0.4, -0.2) is 12.5 Å². The number of carbonyl (C=O) groups is 1. The van der Waals surface area contributed by atoms with Crippen molar-refractivity contribution in [1.29, 1.82) is 0 Å². The largest absolute Gasteiger partial charge is 0.313 e. The molecule has 1 heterocycles. The van der Waals surface area contributed by atoms with Crippen molar-refractivity contribution < 1.29 is 10.1 Å². The van der Waals surface area contributed by atoms with E-state index in [1.807, 2.05) is 5.32 Å². The SMILES string of the molecule is CC(C)(C)CC1CC[NH2+]C1=O. The van der Waals surface area contributed by atoms with Crippen molar-refractivity contribution in [3.05, 3.63) is 0 Å². The highest BCUT2D eigenvalue weighted by Gasteiger charge is 2.32. The summed E-state index contributed by atoms with van der Waals surface area (Å²) in [7, 11) is 0. The minimum absolute atomic E-state index is 0.304. The zero-order valence-electron chi connectivity index (χ0n) is 7.68. The van der Waals surface area contributed by atoms with Crippen LogP contribution in [0.2, 0.25) is 0 Å². The molecule has 1 rings (SSSR count).